The average molecular weight is 326 g/mol. The third-order valence-electron chi connectivity index (χ3n) is 3.19. The van der Waals surface area contributed by atoms with E-state index < -0.39 is 15.6 Å². The molecule has 0 aliphatic heterocycles. The first-order valence-electron chi connectivity index (χ1n) is 5.90. The van der Waals surface area contributed by atoms with Crippen LogP contribution in [-0.4, -0.2) is 25.7 Å². The quantitative estimate of drug-likeness (QED) is 0.845. The number of sulfonamides is 1. The molecular weight excluding hydrogens is 309 g/mol. The summed E-state index contributed by atoms with van der Waals surface area (Å²) in [5, 5.41) is 9.54. The lowest BCUT2D eigenvalue weighted by molar-refractivity contribution is 0.172. The van der Waals surface area contributed by atoms with Crippen LogP contribution in [0.5, 0.6) is 0 Å². The largest absolute Gasteiger partial charge is 0.394 e. The smallest absolute Gasteiger partial charge is 0.244 e. The Bertz CT molecular complexity index is 513. The zero-order valence-corrected chi connectivity index (χ0v) is 13.1. The summed E-state index contributed by atoms with van der Waals surface area (Å²) in [6.07, 6.45) is 0.919. The number of halogens is 2. The molecule has 0 bridgehead atoms. The van der Waals surface area contributed by atoms with Gasteiger partial charge >= 0.3 is 0 Å². The third-order valence-corrected chi connectivity index (χ3v) is 5.73. The van der Waals surface area contributed by atoms with E-state index in [0.29, 0.717) is 12.8 Å². The number of hydrogen-bond donors (Lipinski definition) is 2. The van der Waals surface area contributed by atoms with Crippen molar-refractivity contribution >= 4 is 33.2 Å². The maximum atomic E-state index is 12.4. The first-order chi connectivity index (χ1) is 8.82. The number of rotatable bonds is 6. The van der Waals surface area contributed by atoms with Gasteiger partial charge in [-0.05, 0) is 25.0 Å². The van der Waals surface area contributed by atoms with Gasteiger partial charge in [-0.1, -0.05) is 43.1 Å². The molecule has 108 valence electrons. The van der Waals surface area contributed by atoms with E-state index in [0.717, 1.165) is 0 Å². The van der Waals surface area contributed by atoms with Crippen molar-refractivity contribution in [2.45, 2.75) is 37.1 Å². The molecule has 0 unspecified atom stereocenters. The van der Waals surface area contributed by atoms with Crippen LogP contribution in [0.3, 0.4) is 0 Å². The summed E-state index contributed by atoms with van der Waals surface area (Å²) in [7, 11) is -3.89. The molecule has 19 heavy (non-hydrogen) atoms. The van der Waals surface area contributed by atoms with Crippen LogP contribution in [0.2, 0.25) is 10.0 Å². The van der Waals surface area contributed by atoms with Crippen LogP contribution in [0, 0.1) is 0 Å². The van der Waals surface area contributed by atoms with Gasteiger partial charge in [0.2, 0.25) is 10.0 Å². The number of aliphatic hydroxyl groups excluding tert-OH is 1. The van der Waals surface area contributed by atoms with Crippen molar-refractivity contribution in [3.05, 3.63) is 28.2 Å². The van der Waals surface area contributed by atoms with Crippen molar-refractivity contribution in [3.63, 3.8) is 0 Å². The van der Waals surface area contributed by atoms with Gasteiger partial charge in [-0.15, -0.1) is 0 Å². The molecule has 0 spiro atoms. The molecule has 4 nitrogen and oxygen atoms in total. The summed E-state index contributed by atoms with van der Waals surface area (Å²) in [6, 6.07) is 4.49. The highest BCUT2D eigenvalue weighted by molar-refractivity contribution is 7.89. The van der Waals surface area contributed by atoms with Crippen molar-refractivity contribution < 1.29 is 13.5 Å². The van der Waals surface area contributed by atoms with E-state index in [1.54, 1.807) is 19.9 Å². The predicted octanol–water partition coefficient (Wildman–Crippen LogP) is 2.82. The first kappa shape index (κ1) is 16.7. The second kappa shape index (κ2) is 6.41. The lowest BCUT2D eigenvalue weighted by Gasteiger charge is -2.30. The highest BCUT2D eigenvalue weighted by Gasteiger charge is 2.33. The highest BCUT2D eigenvalue weighted by Crippen LogP contribution is 2.30. The van der Waals surface area contributed by atoms with Crippen molar-refractivity contribution in [2.75, 3.05) is 6.61 Å². The van der Waals surface area contributed by atoms with Gasteiger partial charge in [-0.25, -0.2) is 13.1 Å². The van der Waals surface area contributed by atoms with Crippen LogP contribution in [0.4, 0.5) is 0 Å². The van der Waals surface area contributed by atoms with Gasteiger partial charge in [0.25, 0.3) is 0 Å². The van der Waals surface area contributed by atoms with E-state index in [1.165, 1.54) is 12.1 Å². The molecule has 0 heterocycles. The van der Waals surface area contributed by atoms with Crippen LogP contribution in [0.25, 0.3) is 0 Å². The van der Waals surface area contributed by atoms with Gasteiger partial charge in [0, 0.05) is 0 Å². The Labute approximate surface area is 123 Å². The lowest BCUT2D eigenvalue weighted by Crippen LogP contribution is -2.50. The number of benzene rings is 1. The predicted molar refractivity (Wildman–Crippen MR) is 77.2 cm³/mol. The molecule has 1 aromatic rings. The van der Waals surface area contributed by atoms with Crippen molar-refractivity contribution in [1.29, 1.82) is 0 Å². The van der Waals surface area contributed by atoms with E-state index >= 15 is 0 Å². The summed E-state index contributed by atoms with van der Waals surface area (Å²) in [5.74, 6) is 0. The molecule has 1 aromatic carbocycles. The standard InChI is InChI=1S/C12H17Cl2NO3S/c1-3-12(4-2,8-16)15-19(17,18)11-9(13)6-5-7-10(11)14/h5-7,15-16H,3-4,8H2,1-2H3. The zero-order chi connectivity index (χ0) is 14.7. The summed E-state index contributed by atoms with van der Waals surface area (Å²) in [6.45, 7) is 3.31. The van der Waals surface area contributed by atoms with Gasteiger partial charge < -0.3 is 5.11 Å². The first-order valence-corrected chi connectivity index (χ1v) is 8.14. The Kier molecular flexibility index (Phi) is 5.65. The zero-order valence-electron chi connectivity index (χ0n) is 10.8. The molecule has 0 atom stereocenters. The van der Waals surface area contributed by atoms with Crippen molar-refractivity contribution in [2.24, 2.45) is 0 Å². The Balaban J connectivity index is 3.26. The van der Waals surface area contributed by atoms with E-state index in [1.807, 2.05) is 0 Å². The van der Waals surface area contributed by atoms with Gasteiger partial charge in [0.1, 0.15) is 4.90 Å². The number of hydrogen-bond acceptors (Lipinski definition) is 3. The summed E-state index contributed by atoms with van der Waals surface area (Å²) < 4.78 is 27.3. The minimum atomic E-state index is -3.89. The maximum Gasteiger partial charge on any atom is 0.244 e. The molecule has 1 rings (SSSR count). The summed E-state index contributed by atoms with van der Waals surface area (Å²) in [5.41, 5.74) is -0.901. The summed E-state index contributed by atoms with van der Waals surface area (Å²) >= 11 is 11.8. The van der Waals surface area contributed by atoms with E-state index in [9.17, 15) is 13.5 Å². The van der Waals surface area contributed by atoms with Gasteiger partial charge in [0.05, 0.1) is 22.2 Å². The van der Waals surface area contributed by atoms with E-state index in [-0.39, 0.29) is 21.5 Å². The third kappa shape index (κ3) is 3.61. The minimum Gasteiger partial charge on any atom is -0.394 e. The van der Waals surface area contributed by atoms with Crippen molar-refractivity contribution in [1.82, 2.24) is 4.72 Å². The normalized spacial score (nSPS) is 12.7. The second-order valence-corrected chi connectivity index (χ2v) is 6.74. The molecule has 0 aliphatic carbocycles. The molecule has 7 heteroatoms. The van der Waals surface area contributed by atoms with Crippen LogP contribution in [0.15, 0.2) is 23.1 Å². The van der Waals surface area contributed by atoms with E-state index in [2.05, 4.69) is 4.72 Å². The Hall–Kier alpha value is -0.330. The molecule has 0 fully saturated rings. The van der Waals surface area contributed by atoms with E-state index in [4.69, 9.17) is 23.2 Å². The summed E-state index contributed by atoms with van der Waals surface area (Å²) in [4.78, 5) is -0.155. The molecule has 0 saturated carbocycles. The Morgan fingerprint density at radius 1 is 1.21 bits per heavy atom. The lowest BCUT2D eigenvalue weighted by atomic mass is 9.96. The average Bonchev–Trinajstić information content (AvgIpc) is 2.35. The Morgan fingerprint density at radius 2 is 1.68 bits per heavy atom. The van der Waals surface area contributed by atoms with Crippen molar-refractivity contribution in [3.8, 4) is 0 Å². The number of nitrogens with one attached hydrogen (secondary N) is 1. The van der Waals surface area contributed by atoms with Crippen LogP contribution >= 0.6 is 23.2 Å². The molecule has 0 radical (unpaired) electrons. The SMILES string of the molecule is CCC(CC)(CO)NS(=O)(=O)c1c(Cl)cccc1Cl. The second-order valence-electron chi connectivity index (χ2n) is 4.30. The molecule has 0 aromatic heterocycles. The molecule has 2 N–H and O–H groups in total. The molecule has 0 amide bonds. The molecular formula is C12H17Cl2NO3S. The maximum absolute atomic E-state index is 12.4. The fourth-order valence-electron chi connectivity index (χ4n) is 1.73. The monoisotopic (exact) mass is 325 g/mol. The van der Waals surface area contributed by atoms with Crippen LogP contribution in [-0.2, 0) is 10.0 Å². The van der Waals surface area contributed by atoms with Gasteiger partial charge in [0.15, 0.2) is 0 Å². The number of aliphatic hydroxyl groups is 1. The Morgan fingerprint density at radius 3 is 2.05 bits per heavy atom. The molecule has 0 aliphatic rings. The fourth-order valence-corrected chi connectivity index (χ4v) is 4.41. The highest BCUT2D eigenvalue weighted by atomic mass is 35.5. The minimum absolute atomic E-state index is 0.0547. The fraction of sp³-hybridized carbons (Fsp3) is 0.500. The van der Waals surface area contributed by atoms with Gasteiger partial charge in [-0.3, -0.25) is 0 Å². The van der Waals surface area contributed by atoms with Gasteiger partial charge in [-0.2, -0.15) is 0 Å². The van der Waals surface area contributed by atoms with Crippen LogP contribution < -0.4 is 4.72 Å². The van der Waals surface area contributed by atoms with Crippen LogP contribution in [0.1, 0.15) is 26.7 Å². The topological polar surface area (TPSA) is 66.4 Å². The molecule has 0 saturated heterocycles.